The molecule has 0 amide bonds. The van der Waals surface area contributed by atoms with Gasteiger partial charge >= 0.3 is 0 Å². The van der Waals surface area contributed by atoms with Gasteiger partial charge in [-0.3, -0.25) is 0 Å². The second-order valence-electron chi connectivity index (χ2n) is 6.08. The van der Waals surface area contributed by atoms with Gasteiger partial charge in [0.05, 0.1) is 22.6 Å². The van der Waals surface area contributed by atoms with Crippen molar-refractivity contribution in [2.24, 2.45) is 5.14 Å². The molecule has 0 atom stereocenters. The van der Waals surface area contributed by atoms with E-state index in [4.69, 9.17) is 9.88 Å². The number of methoxy groups -OCH3 is 1. The number of hydrogen-bond donors (Lipinski definition) is 1. The fourth-order valence-electron chi connectivity index (χ4n) is 3.01. The van der Waals surface area contributed by atoms with Crippen LogP contribution in [0, 0.1) is 0 Å². The smallest absolute Gasteiger partial charge is 0.243 e. The van der Waals surface area contributed by atoms with Gasteiger partial charge in [0.2, 0.25) is 20.0 Å². The number of hydrogen-bond acceptors (Lipinski definition) is 6. The predicted octanol–water partition coefficient (Wildman–Crippen LogP) is 0.854. The van der Waals surface area contributed by atoms with Crippen molar-refractivity contribution >= 4 is 25.7 Å². The Morgan fingerprint density at radius 1 is 0.852 bits per heavy atom. The van der Waals surface area contributed by atoms with E-state index < -0.39 is 20.0 Å². The fraction of sp³-hybridized carbons (Fsp3) is 0.294. The molecule has 2 aromatic carbocycles. The molecule has 2 N–H and O–H groups in total. The molecule has 1 aliphatic heterocycles. The van der Waals surface area contributed by atoms with Crippen LogP contribution >= 0.6 is 0 Å². The predicted molar refractivity (Wildman–Crippen MR) is 102 cm³/mol. The van der Waals surface area contributed by atoms with Gasteiger partial charge in [0.25, 0.3) is 0 Å². The minimum atomic E-state index is -3.86. The molecule has 1 fully saturated rings. The van der Waals surface area contributed by atoms with Crippen LogP contribution in [0.25, 0.3) is 0 Å². The average Bonchev–Trinajstić information content (AvgIpc) is 2.67. The van der Waals surface area contributed by atoms with Crippen LogP contribution in [0.2, 0.25) is 0 Å². The van der Waals surface area contributed by atoms with Gasteiger partial charge in [0.15, 0.2) is 0 Å². The maximum atomic E-state index is 12.8. The molecular formula is C17H21N3O5S2. The third kappa shape index (κ3) is 4.08. The van der Waals surface area contributed by atoms with E-state index in [-0.39, 0.29) is 9.79 Å². The number of benzene rings is 2. The molecule has 0 aliphatic carbocycles. The second-order valence-corrected chi connectivity index (χ2v) is 9.58. The van der Waals surface area contributed by atoms with Crippen LogP contribution in [0.15, 0.2) is 58.3 Å². The summed E-state index contributed by atoms with van der Waals surface area (Å²) in [5.74, 6) is 0.743. The summed E-state index contributed by atoms with van der Waals surface area (Å²) in [4.78, 5) is 2.00. The van der Waals surface area contributed by atoms with Crippen molar-refractivity contribution in [1.29, 1.82) is 0 Å². The van der Waals surface area contributed by atoms with Crippen molar-refractivity contribution in [1.82, 2.24) is 4.31 Å². The molecule has 0 unspecified atom stereocenters. The van der Waals surface area contributed by atoms with Gasteiger partial charge in [-0.2, -0.15) is 4.31 Å². The molecule has 0 spiro atoms. The number of ether oxygens (including phenoxy) is 1. The van der Waals surface area contributed by atoms with Gasteiger partial charge < -0.3 is 9.64 Å². The van der Waals surface area contributed by atoms with Crippen molar-refractivity contribution in [3.05, 3.63) is 48.5 Å². The summed E-state index contributed by atoms with van der Waals surface area (Å²) in [5, 5.41) is 5.05. The maximum Gasteiger partial charge on any atom is 0.243 e. The van der Waals surface area contributed by atoms with Crippen molar-refractivity contribution < 1.29 is 21.6 Å². The minimum Gasteiger partial charge on any atom is -0.495 e. The Bertz CT molecular complexity index is 1010. The number of anilines is 1. The first-order valence-electron chi connectivity index (χ1n) is 8.24. The monoisotopic (exact) mass is 411 g/mol. The number of para-hydroxylation sites is 2. The number of nitrogens with two attached hydrogens (primary N) is 1. The van der Waals surface area contributed by atoms with E-state index in [1.807, 2.05) is 24.3 Å². The molecule has 0 bridgehead atoms. The Labute approximate surface area is 159 Å². The van der Waals surface area contributed by atoms with Crippen molar-refractivity contribution in [3.63, 3.8) is 0 Å². The van der Waals surface area contributed by atoms with Crippen molar-refractivity contribution in [3.8, 4) is 5.75 Å². The normalized spacial score (nSPS) is 16.3. The van der Waals surface area contributed by atoms with E-state index in [1.165, 1.54) is 28.6 Å². The second kappa shape index (κ2) is 7.47. The summed E-state index contributed by atoms with van der Waals surface area (Å²) < 4.78 is 55.0. The Hall–Kier alpha value is -2.14. The van der Waals surface area contributed by atoms with E-state index >= 15 is 0 Å². The summed E-state index contributed by atoms with van der Waals surface area (Å²) in [7, 11) is -5.97. The third-order valence-electron chi connectivity index (χ3n) is 4.45. The van der Waals surface area contributed by atoms with Crippen LogP contribution in [-0.2, 0) is 20.0 Å². The van der Waals surface area contributed by atoms with E-state index in [1.54, 1.807) is 7.11 Å². The van der Waals surface area contributed by atoms with Crippen LogP contribution in [0.4, 0.5) is 5.69 Å². The number of rotatable bonds is 5. The van der Waals surface area contributed by atoms with Crippen molar-refractivity contribution in [2.45, 2.75) is 9.79 Å². The average molecular weight is 412 g/mol. The molecule has 27 heavy (non-hydrogen) atoms. The van der Waals surface area contributed by atoms with Gasteiger partial charge in [0.1, 0.15) is 5.75 Å². The highest BCUT2D eigenvalue weighted by Crippen LogP contribution is 2.29. The summed E-state index contributed by atoms with van der Waals surface area (Å²) in [6.07, 6.45) is 0. The Kier molecular flexibility index (Phi) is 5.43. The molecule has 0 saturated carbocycles. The molecule has 1 heterocycles. The summed E-state index contributed by atoms with van der Waals surface area (Å²) in [6, 6.07) is 12.5. The van der Waals surface area contributed by atoms with E-state index in [2.05, 4.69) is 4.90 Å². The Morgan fingerprint density at radius 2 is 1.41 bits per heavy atom. The molecule has 146 valence electrons. The topological polar surface area (TPSA) is 110 Å². The summed E-state index contributed by atoms with van der Waals surface area (Å²) >= 11 is 0. The fourth-order valence-corrected chi connectivity index (χ4v) is 4.95. The largest absolute Gasteiger partial charge is 0.495 e. The molecule has 1 aliphatic rings. The van der Waals surface area contributed by atoms with Gasteiger partial charge in [-0.1, -0.05) is 12.1 Å². The molecular weight excluding hydrogens is 390 g/mol. The number of sulfonamides is 2. The number of piperazine rings is 1. The molecule has 2 aromatic rings. The lowest BCUT2D eigenvalue weighted by molar-refractivity contribution is 0.378. The lowest BCUT2D eigenvalue weighted by atomic mass is 10.2. The van der Waals surface area contributed by atoms with E-state index in [0.717, 1.165) is 11.4 Å². The SMILES string of the molecule is COc1ccccc1N1CCN(S(=O)(=O)c2ccc(S(N)(=O)=O)cc2)CC1. The lowest BCUT2D eigenvalue weighted by Crippen LogP contribution is -2.48. The molecule has 8 nitrogen and oxygen atoms in total. The molecule has 3 rings (SSSR count). The van der Waals surface area contributed by atoms with Crippen LogP contribution < -0.4 is 14.8 Å². The quantitative estimate of drug-likeness (QED) is 0.781. The zero-order valence-corrected chi connectivity index (χ0v) is 16.4. The Morgan fingerprint density at radius 3 is 1.96 bits per heavy atom. The highest BCUT2D eigenvalue weighted by atomic mass is 32.2. The summed E-state index contributed by atoms with van der Waals surface area (Å²) in [6.45, 7) is 1.68. The summed E-state index contributed by atoms with van der Waals surface area (Å²) in [5.41, 5.74) is 0.926. The third-order valence-corrected chi connectivity index (χ3v) is 7.30. The number of primary sulfonamides is 1. The van der Waals surface area contributed by atoms with Crippen molar-refractivity contribution in [2.75, 3.05) is 38.2 Å². The van der Waals surface area contributed by atoms with E-state index in [0.29, 0.717) is 26.2 Å². The van der Waals surface area contributed by atoms with Gasteiger partial charge in [-0.15, -0.1) is 0 Å². The molecule has 10 heteroatoms. The van der Waals surface area contributed by atoms with Crippen LogP contribution in [-0.4, -0.2) is 54.4 Å². The first-order chi connectivity index (χ1) is 12.7. The van der Waals surface area contributed by atoms with Crippen LogP contribution in [0.1, 0.15) is 0 Å². The first-order valence-corrected chi connectivity index (χ1v) is 11.2. The Balaban J connectivity index is 1.75. The maximum absolute atomic E-state index is 12.8. The molecule has 0 radical (unpaired) electrons. The highest BCUT2D eigenvalue weighted by molar-refractivity contribution is 7.89. The minimum absolute atomic E-state index is 0.0423. The van der Waals surface area contributed by atoms with Gasteiger partial charge in [-0.25, -0.2) is 22.0 Å². The van der Waals surface area contributed by atoms with E-state index in [9.17, 15) is 16.8 Å². The van der Waals surface area contributed by atoms with Gasteiger partial charge in [0, 0.05) is 26.2 Å². The first kappa shape index (κ1) is 19.6. The number of nitrogens with zero attached hydrogens (tertiary/aromatic N) is 2. The molecule has 1 saturated heterocycles. The standard InChI is InChI=1S/C17H21N3O5S2/c1-25-17-5-3-2-4-16(17)19-10-12-20(13-11-19)27(23,24)15-8-6-14(7-9-15)26(18,21)22/h2-9H,10-13H2,1H3,(H2,18,21,22). The molecule has 0 aromatic heterocycles. The van der Waals surface area contributed by atoms with Gasteiger partial charge in [-0.05, 0) is 36.4 Å². The van der Waals surface area contributed by atoms with Crippen LogP contribution in [0.3, 0.4) is 0 Å². The highest BCUT2D eigenvalue weighted by Gasteiger charge is 2.29. The van der Waals surface area contributed by atoms with Crippen LogP contribution in [0.5, 0.6) is 5.75 Å². The zero-order chi connectivity index (χ0) is 19.7. The zero-order valence-electron chi connectivity index (χ0n) is 14.8. The lowest BCUT2D eigenvalue weighted by Gasteiger charge is -2.35.